The molecule has 2 rings (SSSR count). The third-order valence-corrected chi connectivity index (χ3v) is 3.60. The van der Waals surface area contributed by atoms with Crippen LogP contribution in [0.5, 0.6) is 0 Å². The van der Waals surface area contributed by atoms with E-state index >= 15 is 0 Å². The summed E-state index contributed by atoms with van der Waals surface area (Å²) in [5.74, 6) is -0.252. The molecule has 0 fully saturated rings. The van der Waals surface area contributed by atoms with Gasteiger partial charge in [0.2, 0.25) is 5.91 Å². The number of anilines is 1. The van der Waals surface area contributed by atoms with Gasteiger partial charge in [0.25, 0.3) is 5.69 Å². The van der Waals surface area contributed by atoms with E-state index in [1.54, 1.807) is 18.2 Å². The van der Waals surface area contributed by atoms with E-state index in [9.17, 15) is 14.9 Å². The zero-order chi connectivity index (χ0) is 15.2. The van der Waals surface area contributed by atoms with Crippen molar-refractivity contribution in [3.8, 4) is 0 Å². The van der Waals surface area contributed by atoms with Crippen molar-refractivity contribution in [2.24, 2.45) is 0 Å². The number of non-ortho nitro benzene ring substituents is 1. The van der Waals surface area contributed by atoms with Crippen LogP contribution >= 0.6 is 22.6 Å². The van der Waals surface area contributed by atoms with E-state index in [2.05, 4.69) is 27.9 Å². The summed E-state index contributed by atoms with van der Waals surface area (Å²) in [6, 6.07) is 13.4. The first-order valence-electron chi connectivity index (χ1n) is 6.04. The molecule has 106 valence electrons. The molecular weight excluding hydrogens is 383 g/mol. The molecule has 0 aromatic heterocycles. The van der Waals surface area contributed by atoms with Gasteiger partial charge in [0.15, 0.2) is 0 Å². The Hall–Kier alpha value is -2.22. The molecule has 21 heavy (non-hydrogen) atoms. The minimum Gasteiger partial charge on any atom is -0.322 e. The quantitative estimate of drug-likeness (QED) is 0.371. The summed E-state index contributed by atoms with van der Waals surface area (Å²) in [7, 11) is 0. The van der Waals surface area contributed by atoms with E-state index in [1.807, 2.05) is 24.3 Å². The highest BCUT2D eigenvalue weighted by Crippen LogP contribution is 2.17. The minimum atomic E-state index is -0.461. The van der Waals surface area contributed by atoms with E-state index in [1.165, 1.54) is 18.2 Å². The molecule has 0 aliphatic carbocycles. The molecule has 0 aliphatic heterocycles. The Morgan fingerprint density at radius 2 is 1.81 bits per heavy atom. The van der Waals surface area contributed by atoms with Gasteiger partial charge in [-0.3, -0.25) is 14.9 Å². The van der Waals surface area contributed by atoms with Crippen LogP contribution in [-0.2, 0) is 4.79 Å². The second kappa shape index (κ2) is 6.98. The van der Waals surface area contributed by atoms with Crippen molar-refractivity contribution in [2.45, 2.75) is 0 Å². The Labute approximate surface area is 135 Å². The number of nitro benzene ring substituents is 1. The molecule has 0 saturated heterocycles. The van der Waals surface area contributed by atoms with Crippen LogP contribution in [0.1, 0.15) is 5.56 Å². The Kier molecular flexibility index (Phi) is 5.04. The molecule has 1 N–H and O–H groups in total. The standard InChI is InChI=1S/C15H11IN2O3/c16-13-3-1-2-4-14(13)17-15(19)10-7-11-5-8-12(9-6-11)18(20)21/h1-10H,(H,17,19)/b10-7+. The van der Waals surface area contributed by atoms with E-state index < -0.39 is 4.92 Å². The fraction of sp³-hybridized carbons (Fsp3) is 0. The van der Waals surface area contributed by atoms with Crippen LogP contribution in [-0.4, -0.2) is 10.8 Å². The molecule has 0 bridgehead atoms. The number of halogens is 1. The smallest absolute Gasteiger partial charge is 0.269 e. The van der Waals surface area contributed by atoms with Crippen LogP contribution in [0.25, 0.3) is 6.08 Å². The largest absolute Gasteiger partial charge is 0.322 e. The molecule has 2 aromatic rings. The van der Waals surface area contributed by atoms with Gasteiger partial charge in [-0.1, -0.05) is 12.1 Å². The Bertz CT molecular complexity index is 696. The molecule has 0 aliphatic rings. The predicted molar refractivity (Wildman–Crippen MR) is 89.9 cm³/mol. The summed E-state index contributed by atoms with van der Waals surface area (Å²) in [5.41, 5.74) is 1.49. The lowest BCUT2D eigenvalue weighted by atomic mass is 10.2. The number of nitrogens with one attached hydrogen (secondary N) is 1. The number of nitro groups is 1. The molecular formula is C15H11IN2O3. The van der Waals surface area contributed by atoms with Crippen LogP contribution in [0.2, 0.25) is 0 Å². The van der Waals surface area contributed by atoms with Gasteiger partial charge in [0.05, 0.1) is 10.6 Å². The lowest BCUT2D eigenvalue weighted by molar-refractivity contribution is -0.384. The predicted octanol–water partition coefficient (Wildman–Crippen LogP) is 3.85. The number of benzene rings is 2. The Morgan fingerprint density at radius 1 is 1.14 bits per heavy atom. The lowest BCUT2D eigenvalue weighted by Crippen LogP contribution is -2.08. The number of carbonyl (C=O) groups is 1. The first kappa shape index (κ1) is 15.2. The molecule has 0 spiro atoms. The maximum atomic E-state index is 11.8. The Balaban J connectivity index is 2.02. The summed E-state index contributed by atoms with van der Waals surface area (Å²) < 4.78 is 0.951. The van der Waals surface area contributed by atoms with Crippen molar-refractivity contribution in [3.05, 3.63) is 73.9 Å². The molecule has 0 heterocycles. The topological polar surface area (TPSA) is 72.2 Å². The number of amides is 1. The van der Waals surface area contributed by atoms with Crippen molar-refractivity contribution in [3.63, 3.8) is 0 Å². The number of para-hydroxylation sites is 1. The van der Waals surface area contributed by atoms with Crippen LogP contribution in [0.4, 0.5) is 11.4 Å². The van der Waals surface area contributed by atoms with Crippen molar-refractivity contribution in [1.29, 1.82) is 0 Å². The van der Waals surface area contributed by atoms with Crippen molar-refractivity contribution in [1.82, 2.24) is 0 Å². The van der Waals surface area contributed by atoms with Gasteiger partial charge in [0.1, 0.15) is 0 Å². The highest BCUT2D eigenvalue weighted by Gasteiger charge is 2.03. The van der Waals surface area contributed by atoms with Crippen molar-refractivity contribution in [2.75, 3.05) is 5.32 Å². The highest BCUT2D eigenvalue weighted by atomic mass is 127. The van der Waals surface area contributed by atoms with Gasteiger partial charge >= 0.3 is 0 Å². The molecule has 6 heteroatoms. The summed E-state index contributed by atoms with van der Waals surface area (Å²) in [6.45, 7) is 0. The number of rotatable bonds is 4. The maximum absolute atomic E-state index is 11.8. The minimum absolute atomic E-state index is 0.0236. The lowest BCUT2D eigenvalue weighted by Gasteiger charge is -2.04. The van der Waals surface area contributed by atoms with Crippen LogP contribution in [0.15, 0.2) is 54.6 Å². The van der Waals surface area contributed by atoms with Crippen molar-refractivity contribution < 1.29 is 9.72 Å². The van der Waals surface area contributed by atoms with Gasteiger partial charge in [-0.15, -0.1) is 0 Å². The third-order valence-electron chi connectivity index (χ3n) is 2.66. The molecule has 0 saturated carbocycles. The van der Waals surface area contributed by atoms with Gasteiger partial charge < -0.3 is 5.32 Å². The number of nitrogens with zero attached hydrogens (tertiary/aromatic N) is 1. The molecule has 0 unspecified atom stereocenters. The SMILES string of the molecule is O=C(/C=C/c1ccc([N+](=O)[O-])cc1)Nc1ccccc1I. The van der Waals surface area contributed by atoms with E-state index in [0.717, 1.165) is 14.8 Å². The van der Waals surface area contributed by atoms with E-state index in [-0.39, 0.29) is 11.6 Å². The van der Waals surface area contributed by atoms with Gasteiger partial charge in [-0.25, -0.2) is 0 Å². The molecule has 2 aromatic carbocycles. The highest BCUT2D eigenvalue weighted by molar-refractivity contribution is 14.1. The van der Waals surface area contributed by atoms with E-state index in [4.69, 9.17) is 0 Å². The summed E-state index contributed by atoms with van der Waals surface area (Å²) in [5, 5.41) is 13.3. The van der Waals surface area contributed by atoms with Crippen molar-refractivity contribution >= 4 is 45.9 Å². The van der Waals surface area contributed by atoms with E-state index in [0.29, 0.717) is 0 Å². The first-order valence-corrected chi connectivity index (χ1v) is 7.12. The normalized spacial score (nSPS) is 10.5. The number of hydrogen-bond acceptors (Lipinski definition) is 3. The summed E-state index contributed by atoms with van der Waals surface area (Å²) in [6.07, 6.45) is 3.00. The summed E-state index contributed by atoms with van der Waals surface area (Å²) >= 11 is 2.14. The van der Waals surface area contributed by atoms with Crippen LogP contribution in [0, 0.1) is 13.7 Å². The van der Waals surface area contributed by atoms with Gasteiger partial charge in [-0.2, -0.15) is 0 Å². The maximum Gasteiger partial charge on any atom is 0.269 e. The third kappa shape index (κ3) is 4.38. The van der Waals surface area contributed by atoms with Gasteiger partial charge in [-0.05, 0) is 58.5 Å². The zero-order valence-electron chi connectivity index (χ0n) is 10.8. The average Bonchev–Trinajstić information content (AvgIpc) is 2.48. The average molecular weight is 394 g/mol. The second-order valence-corrected chi connectivity index (χ2v) is 5.31. The van der Waals surface area contributed by atoms with Crippen LogP contribution < -0.4 is 5.32 Å². The molecule has 0 radical (unpaired) electrons. The fourth-order valence-electron chi connectivity index (χ4n) is 1.62. The molecule has 1 amide bonds. The second-order valence-electron chi connectivity index (χ2n) is 4.15. The van der Waals surface area contributed by atoms with Crippen LogP contribution in [0.3, 0.4) is 0 Å². The number of carbonyl (C=O) groups excluding carboxylic acids is 1. The van der Waals surface area contributed by atoms with Gasteiger partial charge in [0, 0.05) is 21.8 Å². The first-order chi connectivity index (χ1) is 10.1. The monoisotopic (exact) mass is 394 g/mol. The number of hydrogen-bond donors (Lipinski definition) is 1. The molecule has 5 nitrogen and oxygen atoms in total. The Morgan fingerprint density at radius 3 is 2.43 bits per heavy atom. The summed E-state index contributed by atoms with van der Waals surface area (Å²) in [4.78, 5) is 21.9. The fourth-order valence-corrected chi connectivity index (χ4v) is 2.14. The molecule has 0 atom stereocenters. The zero-order valence-corrected chi connectivity index (χ0v) is 13.0.